The molecule has 1 spiro atoms. The summed E-state index contributed by atoms with van der Waals surface area (Å²) in [6, 6.07) is 4.32. The monoisotopic (exact) mass is 352 g/mol. The summed E-state index contributed by atoms with van der Waals surface area (Å²) in [5.41, 5.74) is 0.977. The van der Waals surface area contributed by atoms with E-state index < -0.39 is 10.0 Å². The summed E-state index contributed by atoms with van der Waals surface area (Å²) >= 11 is 0. The fourth-order valence-corrected chi connectivity index (χ4v) is 4.31. The van der Waals surface area contributed by atoms with Crippen LogP contribution in [0.15, 0.2) is 23.1 Å². The number of ether oxygens (including phenoxy) is 1. The van der Waals surface area contributed by atoms with Gasteiger partial charge in [0, 0.05) is 5.56 Å². The third-order valence-electron chi connectivity index (χ3n) is 5.09. The highest BCUT2D eigenvalue weighted by atomic mass is 32.2. The maximum atomic E-state index is 12.6. The Hall–Kier alpha value is -1.44. The van der Waals surface area contributed by atoms with Crippen molar-refractivity contribution >= 4 is 15.9 Å². The standard InChI is InChI=1S/C17H24N2O4S/c1-12-5-6-14(24(18,21)22)9-15(12)16(20)19-13-10-17(23-11-13)7-3-2-4-8-17/h5-6,9,13H,2-4,7-8,10-11H2,1H3,(H,19,20)(H2,18,21,22)/t13-/m1/s1. The maximum Gasteiger partial charge on any atom is 0.251 e. The number of sulfonamides is 1. The molecule has 24 heavy (non-hydrogen) atoms. The van der Waals surface area contributed by atoms with Crippen LogP contribution in [0.4, 0.5) is 0 Å². The van der Waals surface area contributed by atoms with Gasteiger partial charge in [-0.15, -0.1) is 0 Å². The highest BCUT2D eigenvalue weighted by molar-refractivity contribution is 7.89. The van der Waals surface area contributed by atoms with E-state index in [9.17, 15) is 13.2 Å². The molecule has 1 heterocycles. The van der Waals surface area contributed by atoms with Gasteiger partial charge < -0.3 is 10.1 Å². The fourth-order valence-electron chi connectivity index (χ4n) is 3.77. The first kappa shape index (κ1) is 17.4. The fraction of sp³-hybridized carbons (Fsp3) is 0.588. The van der Waals surface area contributed by atoms with Gasteiger partial charge in [0.15, 0.2) is 0 Å². The smallest absolute Gasteiger partial charge is 0.251 e. The number of aryl methyl sites for hydroxylation is 1. The number of nitrogens with two attached hydrogens (primary N) is 1. The van der Waals surface area contributed by atoms with Crippen LogP contribution in [0.1, 0.15) is 54.4 Å². The molecular formula is C17H24N2O4S. The topological polar surface area (TPSA) is 98.5 Å². The summed E-state index contributed by atoms with van der Waals surface area (Å²) in [7, 11) is -3.83. The lowest BCUT2D eigenvalue weighted by molar-refractivity contribution is -0.0246. The molecule has 132 valence electrons. The van der Waals surface area contributed by atoms with Gasteiger partial charge in [0.25, 0.3) is 5.91 Å². The van der Waals surface area contributed by atoms with E-state index in [4.69, 9.17) is 9.88 Å². The second-order valence-electron chi connectivity index (χ2n) is 6.95. The van der Waals surface area contributed by atoms with Crippen molar-refractivity contribution in [1.29, 1.82) is 0 Å². The van der Waals surface area contributed by atoms with Gasteiger partial charge in [-0.1, -0.05) is 25.3 Å². The molecule has 1 atom stereocenters. The summed E-state index contributed by atoms with van der Waals surface area (Å²) in [6.07, 6.45) is 6.54. The molecular weight excluding hydrogens is 328 g/mol. The molecule has 3 rings (SSSR count). The number of carbonyl (C=O) groups excluding carboxylic acids is 1. The zero-order valence-corrected chi connectivity index (χ0v) is 14.7. The molecule has 6 nitrogen and oxygen atoms in total. The van der Waals surface area contributed by atoms with E-state index in [2.05, 4.69) is 5.32 Å². The van der Waals surface area contributed by atoms with Crippen LogP contribution in [0.25, 0.3) is 0 Å². The third-order valence-corrected chi connectivity index (χ3v) is 6.00. The lowest BCUT2D eigenvalue weighted by Gasteiger charge is -2.32. The number of nitrogens with one attached hydrogen (secondary N) is 1. The first-order valence-electron chi connectivity index (χ1n) is 8.37. The predicted molar refractivity (Wildman–Crippen MR) is 90.2 cm³/mol. The van der Waals surface area contributed by atoms with Gasteiger partial charge in [0.2, 0.25) is 10.0 Å². The minimum Gasteiger partial charge on any atom is -0.373 e. The Balaban J connectivity index is 1.72. The lowest BCUT2D eigenvalue weighted by Crippen LogP contribution is -2.37. The number of carbonyl (C=O) groups is 1. The molecule has 2 fully saturated rings. The van der Waals surface area contributed by atoms with Crippen molar-refractivity contribution in [2.45, 2.75) is 62.0 Å². The minimum absolute atomic E-state index is 0.0341. The molecule has 0 aromatic heterocycles. The van der Waals surface area contributed by atoms with Crippen LogP contribution in [0.2, 0.25) is 0 Å². The van der Waals surface area contributed by atoms with Crippen molar-refractivity contribution < 1.29 is 17.9 Å². The van der Waals surface area contributed by atoms with Gasteiger partial charge in [-0.2, -0.15) is 0 Å². The molecule has 1 amide bonds. The second-order valence-corrected chi connectivity index (χ2v) is 8.51. The molecule has 0 unspecified atom stereocenters. The molecule has 1 aliphatic heterocycles. The number of rotatable bonds is 3. The first-order valence-corrected chi connectivity index (χ1v) is 9.92. The Morgan fingerprint density at radius 1 is 1.29 bits per heavy atom. The van der Waals surface area contributed by atoms with Crippen LogP contribution < -0.4 is 10.5 Å². The lowest BCUT2D eigenvalue weighted by atomic mass is 9.82. The predicted octanol–water partition coefficient (Wildman–Crippen LogP) is 1.86. The Morgan fingerprint density at radius 2 is 2.00 bits per heavy atom. The van der Waals surface area contributed by atoms with Gasteiger partial charge in [-0.25, -0.2) is 13.6 Å². The van der Waals surface area contributed by atoms with E-state index in [1.807, 2.05) is 0 Å². The minimum atomic E-state index is -3.83. The number of benzene rings is 1. The van der Waals surface area contributed by atoms with Gasteiger partial charge >= 0.3 is 0 Å². The van der Waals surface area contributed by atoms with Gasteiger partial charge in [-0.05, 0) is 43.9 Å². The van der Waals surface area contributed by atoms with Crippen molar-refractivity contribution in [3.05, 3.63) is 29.3 Å². The van der Waals surface area contributed by atoms with Crippen LogP contribution in [-0.4, -0.2) is 32.6 Å². The molecule has 2 aliphatic rings. The SMILES string of the molecule is Cc1ccc(S(N)(=O)=O)cc1C(=O)N[C@H]1COC2(CCCCC2)C1. The van der Waals surface area contributed by atoms with Crippen LogP contribution in [0, 0.1) is 6.92 Å². The quantitative estimate of drug-likeness (QED) is 0.867. The number of primary sulfonamides is 1. The van der Waals surface area contributed by atoms with Crippen molar-refractivity contribution in [2.75, 3.05) is 6.61 Å². The molecule has 1 aromatic rings. The summed E-state index contributed by atoms with van der Waals surface area (Å²) < 4.78 is 29.0. The Labute approximate surface area is 142 Å². The van der Waals surface area contributed by atoms with Crippen LogP contribution in [-0.2, 0) is 14.8 Å². The molecule has 0 bridgehead atoms. The van der Waals surface area contributed by atoms with E-state index in [0.29, 0.717) is 17.7 Å². The normalized spacial score (nSPS) is 23.3. The van der Waals surface area contributed by atoms with E-state index >= 15 is 0 Å². The van der Waals surface area contributed by atoms with Crippen molar-refractivity contribution in [3.8, 4) is 0 Å². The van der Waals surface area contributed by atoms with Crippen LogP contribution in [0.5, 0.6) is 0 Å². The maximum absolute atomic E-state index is 12.6. The molecule has 1 saturated carbocycles. The van der Waals surface area contributed by atoms with Crippen molar-refractivity contribution in [1.82, 2.24) is 5.32 Å². The van der Waals surface area contributed by atoms with E-state index in [1.54, 1.807) is 13.0 Å². The van der Waals surface area contributed by atoms with Crippen molar-refractivity contribution in [3.63, 3.8) is 0 Å². The molecule has 7 heteroatoms. The largest absolute Gasteiger partial charge is 0.373 e. The number of amides is 1. The number of hydrogen-bond acceptors (Lipinski definition) is 4. The highest BCUT2D eigenvalue weighted by Gasteiger charge is 2.41. The van der Waals surface area contributed by atoms with Crippen LogP contribution >= 0.6 is 0 Å². The zero-order valence-electron chi connectivity index (χ0n) is 13.9. The Bertz CT molecular complexity index is 739. The summed E-state index contributed by atoms with van der Waals surface area (Å²) in [5, 5.41) is 8.14. The molecule has 1 saturated heterocycles. The zero-order chi connectivity index (χ0) is 17.4. The van der Waals surface area contributed by atoms with Gasteiger partial charge in [0.1, 0.15) is 0 Å². The molecule has 0 radical (unpaired) electrons. The van der Waals surface area contributed by atoms with Gasteiger partial charge in [0.05, 0.1) is 23.1 Å². The van der Waals surface area contributed by atoms with E-state index in [-0.39, 0.29) is 22.4 Å². The summed E-state index contributed by atoms with van der Waals surface area (Å²) in [4.78, 5) is 12.5. The summed E-state index contributed by atoms with van der Waals surface area (Å²) in [5.74, 6) is -0.278. The van der Waals surface area contributed by atoms with E-state index in [0.717, 1.165) is 19.3 Å². The second kappa shape index (κ2) is 6.46. The van der Waals surface area contributed by atoms with Crippen molar-refractivity contribution in [2.24, 2.45) is 5.14 Å². The Morgan fingerprint density at radius 3 is 2.67 bits per heavy atom. The average Bonchev–Trinajstić information content (AvgIpc) is 2.89. The Kier molecular flexibility index (Phi) is 4.68. The molecule has 3 N–H and O–H groups in total. The van der Waals surface area contributed by atoms with Gasteiger partial charge in [-0.3, -0.25) is 4.79 Å². The van der Waals surface area contributed by atoms with E-state index in [1.165, 1.54) is 31.4 Å². The molecule has 1 aliphatic carbocycles. The first-order chi connectivity index (χ1) is 11.3. The average molecular weight is 352 g/mol. The highest BCUT2D eigenvalue weighted by Crippen LogP contribution is 2.39. The molecule has 1 aromatic carbocycles. The third kappa shape index (κ3) is 3.63. The summed E-state index contributed by atoms with van der Waals surface area (Å²) in [6.45, 7) is 2.29. The van der Waals surface area contributed by atoms with Crippen LogP contribution in [0.3, 0.4) is 0 Å². The number of hydrogen-bond donors (Lipinski definition) is 2.